The molecule has 2 aromatic rings. The van der Waals surface area contributed by atoms with Gasteiger partial charge in [-0.2, -0.15) is 0 Å². The minimum Gasteiger partial charge on any atom is -0.508 e. The molecule has 0 aliphatic carbocycles. The molecule has 2 heteroatoms. The smallest absolute Gasteiger partial charge is 0.118 e. The van der Waals surface area contributed by atoms with Crippen LogP contribution in [0.25, 0.3) is 0 Å². The van der Waals surface area contributed by atoms with Crippen LogP contribution in [0.15, 0.2) is 48.6 Å². The maximum atomic E-state index is 9.79. The molecule has 0 amide bonds. The number of phenolic OH excluding ortho intramolecular Hbond substituents is 2. The lowest BCUT2D eigenvalue weighted by molar-refractivity contribution is 0.468. The van der Waals surface area contributed by atoms with Crippen LogP contribution < -0.4 is 0 Å². The fraction of sp³-hybridized carbons (Fsp3) is 0.300. The molecular weight excluding hydrogens is 272 g/mol. The second-order valence-corrected chi connectivity index (χ2v) is 6.47. The van der Waals surface area contributed by atoms with E-state index in [2.05, 4.69) is 13.5 Å². The molecule has 0 radical (unpaired) electrons. The molecule has 0 bridgehead atoms. The predicted octanol–water partition coefficient (Wildman–Crippen LogP) is 4.99. The Kier molecular flexibility index (Phi) is 4.32. The first kappa shape index (κ1) is 16.2. The Morgan fingerprint density at radius 1 is 0.955 bits per heavy atom. The molecule has 0 aliphatic rings. The number of benzene rings is 2. The fourth-order valence-electron chi connectivity index (χ4n) is 2.97. The average molecular weight is 296 g/mol. The van der Waals surface area contributed by atoms with Gasteiger partial charge in [-0.1, -0.05) is 36.8 Å². The van der Waals surface area contributed by atoms with E-state index in [1.54, 1.807) is 12.1 Å². The predicted molar refractivity (Wildman–Crippen MR) is 91.6 cm³/mol. The Labute approximate surface area is 132 Å². The molecule has 2 aromatic carbocycles. The van der Waals surface area contributed by atoms with Crippen LogP contribution >= 0.6 is 0 Å². The number of hydrogen-bond acceptors (Lipinski definition) is 2. The van der Waals surface area contributed by atoms with Gasteiger partial charge in [-0.05, 0) is 61.6 Å². The molecule has 0 aliphatic heterocycles. The third kappa shape index (κ3) is 3.01. The molecule has 0 atom stereocenters. The molecule has 0 unspecified atom stereocenters. The molecule has 2 N–H and O–H groups in total. The number of phenols is 2. The second-order valence-electron chi connectivity index (χ2n) is 6.47. The van der Waals surface area contributed by atoms with E-state index in [0.717, 1.165) is 34.2 Å². The van der Waals surface area contributed by atoms with Crippen LogP contribution in [-0.2, 0) is 5.41 Å². The highest BCUT2D eigenvalue weighted by atomic mass is 16.3. The van der Waals surface area contributed by atoms with Gasteiger partial charge in [-0.15, -0.1) is 6.58 Å². The van der Waals surface area contributed by atoms with Gasteiger partial charge in [0.2, 0.25) is 0 Å². The minimum atomic E-state index is -0.247. The van der Waals surface area contributed by atoms with Gasteiger partial charge >= 0.3 is 0 Å². The van der Waals surface area contributed by atoms with Crippen molar-refractivity contribution in [2.75, 3.05) is 0 Å². The van der Waals surface area contributed by atoms with E-state index in [-0.39, 0.29) is 5.41 Å². The molecule has 2 nitrogen and oxygen atoms in total. The molecule has 2 rings (SSSR count). The first-order valence-electron chi connectivity index (χ1n) is 7.48. The van der Waals surface area contributed by atoms with Crippen LogP contribution in [0, 0.1) is 13.8 Å². The quantitative estimate of drug-likeness (QED) is 0.781. The molecule has 22 heavy (non-hydrogen) atoms. The zero-order chi connectivity index (χ0) is 16.5. The SMILES string of the molecule is C=C(C)CC(C)(c1ccc(O)c(C)c1)c1ccc(O)c(C)c1. The normalized spacial score (nSPS) is 11.5. The van der Waals surface area contributed by atoms with Crippen LogP contribution in [0.2, 0.25) is 0 Å². The molecule has 0 saturated heterocycles. The van der Waals surface area contributed by atoms with Crippen molar-refractivity contribution in [3.8, 4) is 11.5 Å². The summed E-state index contributed by atoms with van der Waals surface area (Å²) in [6.07, 6.45) is 0.807. The van der Waals surface area contributed by atoms with Crippen molar-refractivity contribution in [1.82, 2.24) is 0 Å². The van der Waals surface area contributed by atoms with E-state index >= 15 is 0 Å². The zero-order valence-electron chi connectivity index (χ0n) is 13.8. The van der Waals surface area contributed by atoms with Crippen molar-refractivity contribution < 1.29 is 10.2 Å². The third-order valence-corrected chi connectivity index (χ3v) is 4.32. The summed E-state index contributed by atoms with van der Waals surface area (Å²) in [5.41, 5.74) is 4.84. The highest BCUT2D eigenvalue weighted by Crippen LogP contribution is 2.40. The lowest BCUT2D eigenvalue weighted by Gasteiger charge is -2.32. The molecule has 0 saturated carbocycles. The largest absolute Gasteiger partial charge is 0.508 e. The fourth-order valence-corrected chi connectivity index (χ4v) is 2.97. The molecule has 0 spiro atoms. The summed E-state index contributed by atoms with van der Waals surface area (Å²) in [4.78, 5) is 0. The van der Waals surface area contributed by atoms with Crippen molar-refractivity contribution in [2.45, 2.75) is 39.5 Å². The summed E-state index contributed by atoms with van der Waals surface area (Å²) < 4.78 is 0. The Hall–Kier alpha value is -2.22. The molecule has 0 aromatic heterocycles. The summed E-state index contributed by atoms with van der Waals surface area (Å²) >= 11 is 0. The van der Waals surface area contributed by atoms with Crippen molar-refractivity contribution in [3.63, 3.8) is 0 Å². The summed E-state index contributed by atoms with van der Waals surface area (Å²) in [6, 6.07) is 11.5. The number of aromatic hydroxyl groups is 2. The lowest BCUT2D eigenvalue weighted by Crippen LogP contribution is -2.24. The van der Waals surface area contributed by atoms with E-state index in [9.17, 15) is 10.2 Å². The summed E-state index contributed by atoms with van der Waals surface area (Å²) in [5.74, 6) is 0.617. The molecule has 0 fully saturated rings. The van der Waals surface area contributed by atoms with Crippen molar-refractivity contribution in [2.24, 2.45) is 0 Å². The Balaban J connectivity index is 2.62. The average Bonchev–Trinajstić information content (AvgIpc) is 2.43. The van der Waals surface area contributed by atoms with Crippen LogP contribution in [-0.4, -0.2) is 10.2 Å². The molecular formula is C20H24O2. The van der Waals surface area contributed by atoms with Crippen LogP contribution in [0.3, 0.4) is 0 Å². The number of allylic oxidation sites excluding steroid dienone is 1. The molecule has 0 heterocycles. The van der Waals surface area contributed by atoms with E-state index in [1.165, 1.54) is 0 Å². The standard InChI is InChI=1S/C20H24O2/c1-13(2)12-20(5,16-6-8-18(21)14(3)10-16)17-7-9-19(22)15(4)11-17/h6-11,21-22H,1,12H2,2-5H3. The Bertz CT molecular complexity index is 662. The summed E-state index contributed by atoms with van der Waals surface area (Å²) in [6.45, 7) is 12.1. The van der Waals surface area contributed by atoms with Crippen molar-refractivity contribution >= 4 is 0 Å². The number of hydrogen-bond donors (Lipinski definition) is 2. The van der Waals surface area contributed by atoms with E-state index in [1.807, 2.05) is 45.0 Å². The van der Waals surface area contributed by atoms with Gasteiger partial charge in [0, 0.05) is 5.41 Å². The summed E-state index contributed by atoms with van der Waals surface area (Å²) in [5, 5.41) is 19.6. The minimum absolute atomic E-state index is 0.247. The third-order valence-electron chi connectivity index (χ3n) is 4.32. The van der Waals surface area contributed by atoms with E-state index < -0.39 is 0 Å². The van der Waals surface area contributed by atoms with Crippen molar-refractivity contribution in [3.05, 3.63) is 70.8 Å². The van der Waals surface area contributed by atoms with Gasteiger partial charge in [0.25, 0.3) is 0 Å². The molecule has 116 valence electrons. The van der Waals surface area contributed by atoms with Gasteiger partial charge < -0.3 is 10.2 Å². The summed E-state index contributed by atoms with van der Waals surface area (Å²) in [7, 11) is 0. The van der Waals surface area contributed by atoms with Crippen molar-refractivity contribution in [1.29, 1.82) is 0 Å². The van der Waals surface area contributed by atoms with Gasteiger partial charge in [0.15, 0.2) is 0 Å². The topological polar surface area (TPSA) is 40.5 Å². The highest BCUT2D eigenvalue weighted by molar-refractivity contribution is 5.47. The van der Waals surface area contributed by atoms with Gasteiger partial charge in [-0.3, -0.25) is 0 Å². The Morgan fingerprint density at radius 3 is 1.68 bits per heavy atom. The second kappa shape index (κ2) is 5.88. The van der Waals surface area contributed by atoms with Crippen LogP contribution in [0.1, 0.15) is 42.5 Å². The van der Waals surface area contributed by atoms with E-state index in [0.29, 0.717) is 11.5 Å². The first-order chi connectivity index (χ1) is 10.2. The number of aryl methyl sites for hydroxylation is 2. The lowest BCUT2D eigenvalue weighted by atomic mass is 9.71. The zero-order valence-corrected chi connectivity index (χ0v) is 13.8. The maximum absolute atomic E-state index is 9.79. The van der Waals surface area contributed by atoms with Crippen LogP contribution in [0.5, 0.6) is 11.5 Å². The van der Waals surface area contributed by atoms with Gasteiger partial charge in [0.05, 0.1) is 0 Å². The monoisotopic (exact) mass is 296 g/mol. The van der Waals surface area contributed by atoms with Crippen LogP contribution in [0.4, 0.5) is 0 Å². The van der Waals surface area contributed by atoms with Gasteiger partial charge in [-0.25, -0.2) is 0 Å². The van der Waals surface area contributed by atoms with Gasteiger partial charge in [0.1, 0.15) is 11.5 Å². The Morgan fingerprint density at radius 2 is 1.36 bits per heavy atom. The maximum Gasteiger partial charge on any atom is 0.118 e. The van der Waals surface area contributed by atoms with E-state index in [4.69, 9.17) is 0 Å². The highest BCUT2D eigenvalue weighted by Gasteiger charge is 2.29. The first-order valence-corrected chi connectivity index (χ1v) is 7.48. The number of rotatable bonds is 4.